The van der Waals surface area contributed by atoms with E-state index in [9.17, 15) is 9.59 Å². The summed E-state index contributed by atoms with van der Waals surface area (Å²) in [6.07, 6.45) is 1.15. The maximum absolute atomic E-state index is 12.3. The van der Waals surface area contributed by atoms with Crippen molar-refractivity contribution < 1.29 is 14.7 Å². The molecule has 0 atom stereocenters. The van der Waals surface area contributed by atoms with Gasteiger partial charge in [-0.15, -0.1) is 0 Å². The van der Waals surface area contributed by atoms with Crippen LogP contribution in [-0.2, 0) is 11.2 Å². The van der Waals surface area contributed by atoms with Crippen molar-refractivity contribution in [3.05, 3.63) is 35.7 Å². The molecule has 0 radical (unpaired) electrons. The SMILES string of the molecule is CCc1nc(-c2ccc(C(=O)NC(C)(C)CCC(=O)O)cc2)n[nH]1. The van der Waals surface area contributed by atoms with Crippen LogP contribution < -0.4 is 5.32 Å². The predicted octanol–water partition coefficient (Wildman–Crippen LogP) is 2.41. The molecule has 2 rings (SSSR count). The molecule has 0 saturated heterocycles. The minimum absolute atomic E-state index is 0.0107. The first-order valence-electron chi connectivity index (χ1n) is 7.87. The Labute approximate surface area is 140 Å². The summed E-state index contributed by atoms with van der Waals surface area (Å²) >= 11 is 0. The van der Waals surface area contributed by atoms with E-state index in [1.807, 2.05) is 20.8 Å². The molecule has 0 aliphatic carbocycles. The zero-order chi connectivity index (χ0) is 17.7. The summed E-state index contributed by atoms with van der Waals surface area (Å²) in [5.41, 5.74) is 0.745. The van der Waals surface area contributed by atoms with E-state index >= 15 is 0 Å². The fraction of sp³-hybridized carbons (Fsp3) is 0.412. The Kier molecular flexibility index (Phi) is 5.33. The highest BCUT2D eigenvalue weighted by Crippen LogP contribution is 2.17. The van der Waals surface area contributed by atoms with Crippen molar-refractivity contribution in [1.82, 2.24) is 20.5 Å². The fourth-order valence-electron chi connectivity index (χ4n) is 2.21. The van der Waals surface area contributed by atoms with Gasteiger partial charge in [0, 0.05) is 29.5 Å². The highest BCUT2D eigenvalue weighted by Gasteiger charge is 2.22. The molecule has 0 aliphatic rings. The van der Waals surface area contributed by atoms with Gasteiger partial charge in [-0.05, 0) is 32.4 Å². The van der Waals surface area contributed by atoms with Gasteiger partial charge in [0.25, 0.3) is 5.91 Å². The van der Waals surface area contributed by atoms with Gasteiger partial charge in [-0.25, -0.2) is 4.98 Å². The number of rotatable bonds is 7. The standard InChI is InChI=1S/C17H22N4O3/c1-4-13-18-15(21-20-13)11-5-7-12(8-6-11)16(24)19-17(2,3)10-9-14(22)23/h5-8H,4,9-10H2,1-3H3,(H,19,24)(H,22,23)(H,18,20,21). The van der Waals surface area contributed by atoms with Crippen LogP contribution in [0.3, 0.4) is 0 Å². The molecular formula is C17H22N4O3. The van der Waals surface area contributed by atoms with Crippen LogP contribution in [0.25, 0.3) is 11.4 Å². The second-order valence-corrected chi connectivity index (χ2v) is 6.27. The minimum atomic E-state index is -0.875. The van der Waals surface area contributed by atoms with Crippen molar-refractivity contribution in [3.63, 3.8) is 0 Å². The lowest BCUT2D eigenvalue weighted by atomic mass is 9.97. The van der Waals surface area contributed by atoms with E-state index < -0.39 is 11.5 Å². The first-order chi connectivity index (χ1) is 11.3. The molecule has 1 aromatic heterocycles. The van der Waals surface area contributed by atoms with Crippen molar-refractivity contribution in [2.75, 3.05) is 0 Å². The highest BCUT2D eigenvalue weighted by atomic mass is 16.4. The number of aromatic amines is 1. The van der Waals surface area contributed by atoms with Crippen LogP contribution in [0, 0.1) is 0 Å². The number of aliphatic carboxylic acids is 1. The van der Waals surface area contributed by atoms with Gasteiger partial charge < -0.3 is 10.4 Å². The van der Waals surface area contributed by atoms with Crippen molar-refractivity contribution in [3.8, 4) is 11.4 Å². The molecule has 0 bridgehead atoms. The number of hydrogen-bond acceptors (Lipinski definition) is 4. The van der Waals surface area contributed by atoms with Gasteiger partial charge in [0.2, 0.25) is 0 Å². The predicted molar refractivity (Wildman–Crippen MR) is 89.6 cm³/mol. The fourth-order valence-corrected chi connectivity index (χ4v) is 2.21. The maximum atomic E-state index is 12.3. The molecule has 128 valence electrons. The molecule has 7 nitrogen and oxygen atoms in total. The quantitative estimate of drug-likeness (QED) is 0.722. The van der Waals surface area contributed by atoms with Gasteiger partial charge >= 0.3 is 5.97 Å². The Morgan fingerprint density at radius 1 is 1.25 bits per heavy atom. The Balaban J connectivity index is 2.04. The number of nitrogens with zero attached hydrogens (tertiary/aromatic N) is 2. The van der Waals surface area contributed by atoms with Crippen molar-refractivity contribution >= 4 is 11.9 Å². The Bertz CT molecular complexity index is 720. The molecular weight excluding hydrogens is 308 g/mol. The van der Waals surface area contributed by atoms with Gasteiger partial charge in [-0.1, -0.05) is 19.1 Å². The van der Waals surface area contributed by atoms with E-state index in [-0.39, 0.29) is 12.3 Å². The van der Waals surface area contributed by atoms with Gasteiger partial charge in [0.15, 0.2) is 5.82 Å². The lowest BCUT2D eigenvalue weighted by molar-refractivity contribution is -0.137. The first-order valence-corrected chi connectivity index (χ1v) is 7.87. The minimum Gasteiger partial charge on any atom is -0.481 e. The van der Waals surface area contributed by atoms with Crippen molar-refractivity contribution in [2.45, 2.75) is 45.6 Å². The van der Waals surface area contributed by atoms with E-state index in [1.54, 1.807) is 24.3 Å². The summed E-state index contributed by atoms with van der Waals surface area (Å²) in [4.78, 5) is 27.3. The molecule has 0 fully saturated rings. The highest BCUT2D eigenvalue weighted by molar-refractivity contribution is 5.95. The van der Waals surface area contributed by atoms with Crippen molar-refractivity contribution in [1.29, 1.82) is 0 Å². The summed E-state index contributed by atoms with van der Waals surface area (Å²) in [5, 5.41) is 18.6. The molecule has 24 heavy (non-hydrogen) atoms. The number of carboxylic acid groups (broad SMARTS) is 1. The lowest BCUT2D eigenvalue weighted by Crippen LogP contribution is -2.43. The van der Waals surface area contributed by atoms with Crippen LogP contribution in [0.2, 0.25) is 0 Å². The molecule has 1 amide bonds. The summed E-state index contributed by atoms with van der Waals surface area (Å²) < 4.78 is 0. The lowest BCUT2D eigenvalue weighted by Gasteiger charge is -2.25. The zero-order valence-corrected chi connectivity index (χ0v) is 14.1. The molecule has 1 heterocycles. The molecule has 2 aromatic rings. The Morgan fingerprint density at radius 3 is 2.46 bits per heavy atom. The smallest absolute Gasteiger partial charge is 0.303 e. The average Bonchev–Trinajstić information content (AvgIpc) is 3.02. The number of amides is 1. The van der Waals surface area contributed by atoms with Gasteiger partial charge in [0.05, 0.1) is 0 Å². The summed E-state index contributed by atoms with van der Waals surface area (Å²) in [5.74, 6) is 0.299. The van der Waals surface area contributed by atoms with Crippen LogP contribution in [0.15, 0.2) is 24.3 Å². The maximum Gasteiger partial charge on any atom is 0.303 e. The van der Waals surface area contributed by atoms with Crippen LogP contribution in [0.1, 0.15) is 49.8 Å². The third-order valence-electron chi connectivity index (χ3n) is 3.69. The topological polar surface area (TPSA) is 108 Å². The second kappa shape index (κ2) is 7.25. The molecule has 0 unspecified atom stereocenters. The Hall–Kier alpha value is -2.70. The van der Waals surface area contributed by atoms with Crippen LogP contribution in [0.5, 0.6) is 0 Å². The number of benzene rings is 1. The largest absolute Gasteiger partial charge is 0.481 e. The van der Waals surface area contributed by atoms with E-state index in [0.29, 0.717) is 17.8 Å². The number of aryl methyl sites for hydroxylation is 1. The summed E-state index contributed by atoms with van der Waals surface area (Å²) in [6, 6.07) is 7.00. The number of carbonyl (C=O) groups is 2. The van der Waals surface area contributed by atoms with Gasteiger partial charge in [-0.2, -0.15) is 5.10 Å². The van der Waals surface area contributed by atoms with Crippen LogP contribution in [0.4, 0.5) is 0 Å². The monoisotopic (exact) mass is 330 g/mol. The van der Waals surface area contributed by atoms with E-state index in [4.69, 9.17) is 5.11 Å². The van der Waals surface area contributed by atoms with E-state index in [2.05, 4.69) is 20.5 Å². The molecule has 3 N–H and O–H groups in total. The number of carbonyl (C=O) groups excluding carboxylic acids is 1. The van der Waals surface area contributed by atoms with E-state index in [1.165, 1.54) is 0 Å². The zero-order valence-electron chi connectivity index (χ0n) is 14.1. The number of H-pyrrole nitrogens is 1. The Morgan fingerprint density at radius 2 is 1.92 bits per heavy atom. The third kappa shape index (κ3) is 4.65. The summed E-state index contributed by atoms with van der Waals surface area (Å²) in [6.45, 7) is 5.61. The van der Waals surface area contributed by atoms with Crippen LogP contribution >= 0.6 is 0 Å². The molecule has 0 aliphatic heterocycles. The van der Waals surface area contributed by atoms with Crippen LogP contribution in [-0.4, -0.2) is 37.7 Å². The number of nitrogens with one attached hydrogen (secondary N) is 2. The average molecular weight is 330 g/mol. The number of aromatic nitrogens is 3. The second-order valence-electron chi connectivity index (χ2n) is 6.27. The third-order valence-corrected chi connectivity index (χ3v) is 3.69. The molecule has 0 saturated carbocycles. The number of carboxylic acids is 1. The van der Waals surface area contributed by atoms with Gasteiger partial charge in [-0.3, -0.25) is 14.7 Å². The number of hydrogen-bond donors (Lipinski definition) is 3. The molecule has 1 aromatic carbocycles. The first kappa shape index (κ1) is 17.7. The molecule has 7 heteroatoms. The molecule has 0 spiro atoms. The van der Waals surface area contributed by atoms with Crippen molar-refractivity contribution in [2.24, 2.45) is 0 Å². The van der Waals surface area contributed by atoms with Gasteiger partial charge in [0.1, 0.15) is 5.82 Å². The van der Waals surface area contributed by atoms with E-state index in [0.717, 1.165) is 17.8 Å². The normalized spacial score (nSPS) is 11.3. The summed E-state index contributed by atoms with van der Waals surface area (Å²) in [7, 11) is 0.